The van der Waals surface area contributed by atoms with E-state index >= 15 is 0 Å². The van der Waals surface area contributed by atoms with Crippen LogP contribution in [0.15, 0.2) is 36.4 Å². The van der Waals surface area contributed by atoms with Crippen molar-refractivity contribution < 1.29 is 19.4 Å². The zero-order valence-electron chi connectivity index (χ0n) is 19.8. The van der Waals surface area contributed by atoms with E-state index in [-0.39, 0.29) is 5.91 Å². The van der Waals surface area contributed by atoms with Gasteiger partial charge in [-0.1, -0.05) is 31.5 Å². The summed E-state index contributed by atoms with van der Waals surface area (Å²) in [4.78, 5) is 29.4. The highest BCUT2D eigenvalue weighted by Crippen LogP contribution is 2.30. The van der Waals surface area contributed by atoms with Crippen molar-refractivity contribution in [2.75, 3.05) is 37.7 Å². The standard InChI is InChI=1S/C26H34N2O4/c1-6-32-22-9-7-21(8-10-22)27-11-13-28(14-12-27)25(31)26(4,5)17-20-16-18(2)15-19(3)23(20)24(29)30/h7-10,15-16H,6,11-14,17H2,1-5H3,(H,29,30). The molecule has 6 heteroatoms. The number of carbonyl (C=O) groups is 2. The maximum absolute atomic E-state index is 13.4. The summed E-state index contributed by atoms with van der Waals surface area (Å²) in [5.74, 6) is -0.0111. The lowest BCUT2D eigenvalue weighted by Gasteiger charge is -2.39. The molecule has 32 heavy (non-hydrogen) atoms. The van der Waals surface area contributed by atoms with Crippen molar-refractivity contribution in [2.24, 2.45) is 5.41 Å². The lowest BCUT2D eigenvalue weighted by Crippen LogP contribution is -2.52. The number of ether oxygens (including phenoxy) is 1. The van der Waals surface area contributed by atoms with Crippen LogP contribution in [0.3, 0.4) is 0 Å². The Kier molecular flexibility index (Phi) is 7.12. The number of carbonyl (C=O) groups excluding carboxylic acids is 1. The van der Waals surface area contributed by atoms with Crippen molar-refractivity contribution in [2.45, 2.75) is 41.0 Å². The molecule has 6 nitrogen and oxygen atoms in total. The van der Waals surface area contributed by atoms with Crippen LogP contribution >= 0.6 is 0 Å². The number of carboxylic acids is 1. The molecule has 0 spiro atoms. The Labute approximate surface area is 190 Å². The van der Waals surface area contributed by atoms with Crippen LogP contribution in [0.5, 0.6) is 5.75 Å². The fraction of sp³-hybridized carbons (Fsp3) is 0.462. The minimum absolute atomic E-state index is 0.0688. The number of hydrogen-bond acceptors (Lipinski definition) is 4. The smallest absolute Gasteiger partial charge is 0.336 e. The molecule has 1 N–H and O–H groups in total. The summed E-state index contributed by atoms with van der Waals surface area (Å²) in [5.41, 5.74) is 3.22. The average Bonchev–Trinajstić information content (AvgIpc) is 2.73. The number of rotatable bonds is 7. The second kappa shape index (κ2) is 9.63. The van der Waals surface area contributed by atoms with Crippen LogP contribution in [0.4, 0.5) is 5.69 Å². The van der Waals surface area contributed by atoms with Gasteiger partial charge in [-0.2, -0.15) is 0 Å². The highest BCUT2D eigenvalue weighted by atomic mass is 16.5. The van der Waals surface area contributed by atoms with Gasteiger partial charge in [0.05, 0.1) is 12.2 Å². The first-order valence-corrected chi connectivity index (χ1v) is 11.2. The minimum atomic E-state index is -0.940. The largest absolute Gasteiger partial charge is 0.494 e. The summed E-state index contributed by atoms with van der Waals surface area (Å²) in [6.45, 7) is 13.0. The van der Waals surface area contributed by atoms with Crippen molar-refractivity contribution in [1.29, 1.82) is 0 Å². The third-order valence-corrected chi connectivity index (χ3v) is 6.07. The number of nitrogens with zero attached hydrogens (tertiary/aromatic N) is 2. The summed E-state index contributed by atoms with van der Waals surface area (Å²) in [6, 6.07) is 11.8. The zero-order chi connectivity index (χ0) is 23.5. The first kappa shape index (κ1) is 23.6. The topological polar surface area (TPSA) is 70.1 Å². The summed E-state index contributed by atoms with van der Waals surface area (Å²) in [5, 5.41) is 9.70. The number of carboxylic acid groups (broad SMARTS) is 1. The van der Waals surface area contributed by atoms with Crippen LogP contribution in [0.2, 0.25) is 0 Å². The van der Waals surface area contributed by atoms with Crippen LogP contribution in [-0.4, -0.2) is 54.7 Å². The molecule has 0 bridgehead atoms. The van der Waals surface area contributed by atoms with Crippen LogP contribution < -0.4 is 9.64 Å². The monoisotopic (exact) mass is 438 g/mol. The molecule has 2 aromatic carbocycles. The second-order valence-corrected chi connectivity index (χ2v) is 9.19. The molecular formula is C26H34N2O4. The first-order valence-electron chi connectivity index (χ1n) is 11.2. The van der Waals surface area contributed by atoms with E-state index in [1.165, 1.54) is 0 Å². The molecule has 1 heterocycles. The van der Waals surface area contributed by atoms with Crippen molar-refractivity contribution in [3.63, 3.8) is 0 Å². The molecule has 2 aromatic rings. The predicted octanol–water partition coefficient (Wildman–Crippen LogP) is 4.32. The Bertz CT molecular complexity index is 974. The molecule has 0 saturated carbocycles. The quantitative estimate of drug-likeness (QED) is 0.697. The Morgan fingerprint density at radius 2 is 1.66 bits per heavy atom. The third kappa shape index (κ3) is 5.23. The van der Waals surface area contributed by atoms with E-state index in [4.69, 9.17) is 4.74 Å². The summed E-state index contributed by atoms with van der Waals surface area (Å²) < 4.78 is 5.51. The van der Waals surface area contributed by atoms with E-state index in [2.05, 4.69) is 17.0 Å². The molecule has 1 aliphatic heterocycles. The van der Waals surface area contributed by atoms with Gasteiger partial charge in [-0.25, -0.2) is 4.79 Å². The molecule has 0 atom stereocenters. The highest BCUT2D eigenvalue weighted by molar-refractivity contribution is 5.92. The summed E-state index contributed by atoms with van der Waals surface area (Å²) in [7, 11) is 0. The lowest BCUT2D eigenvalue weighted by atomic mass is 9.81. The SMILES string of the molecule is CCOc1ccc(N2CCN(C(=O)C(C)(C)Cc3cc(C)cc(C)c3C(=O)O)CC2)cc1. The number of anilines is 1. The minimum Gasteiger partial charge on any atom is -0.494 e. The fourth-order valence-corrected chi connectivity index (χ4v) is 4.57. The zero-order valence-corrected chi connectivity index (χ0v) is 19.8. The van der Waals surface area contributed by atoms with Gasteiger partial charge in [0.2, 0.25) is 5.91 Å². The van der Waals surface area contributed by atoms with Crippen molar-refractivity contribution >= 4 is 17.6 Å². The van der Waals surface area contributed by atoms with Gasteiger partial charge in [-0.05, 0) is 62.6 Å². The second-order valence-electron chi connectivity index (χ2n) is 9.19. The molecule has 1 amide bonds. The fourth-order valence-electron chi connectivity index (χ4n) is 4.57. The Balaban J connectivity index is 1.67. The van der Waals surface area contributed by atoms with Gasteiger partial charge in [0.25, 0.3) is 0 Å². The van der Waals surface area contributed by atoms with Crippen LogP contribution in [0.25, 0.3) is 0 Å². The van der Waals surface area contributed by atoms with Gasteiger partial charge < -0.3 is 19.6 Å². The first-order chi connectivity index (χ1) is 15.1. The average molecular weight is 439 g/mol. The normalized spacial score (nSPS) is 14.4. The van der Waals surface area contributed by atoms with Gasteiger partial charge in [0.1, 0.15) is 5.75 Å². The van der Waals surface area contributed by atoms with E-state index in [0.29, 0.717) is 31.7 Å². The number of amides is 1. The van der Waals surface area contributed by atoms with Crippen LogP contribution in [0, 0.1) is 19.3 Å². The summed E-state index contributed by atoms with van der Waals surface area (Å²) in [6.07, 6.45) is 0.398. The van der Waals surface area contributed by atoms with Gasteiger partial charge >= 0.3 is 5.97 Å². The van der Waals surface area contributed by atoms with E-state index in [9.17, 15) is 14.7 Å². The van der Waals surface area contributed by atoms with E-state index in [0.717, 1.165) is 41.2 Å². The lowest BCUT2D eigenvalue weighted by molar-refractivity contribution is -0.140. The third-order valence-electron chi connectivity index (χ3n) is 6.07. The van der Waals surface area contributed by atoms with Gasteiger partial charge in [-0.3, -0.25) is 4.79 Å². The molecule has 1 aliphatic rings. The molecule has 0 aliphatic carbocycles. The number of benzene rings is 2. The maximum Gasteiger partial charge on any atom is 0.336 e. The Morgan fingerprint density at radius 3 is 2.22 bits per heavy atom. The van der Waals surface area contributed by atoms with E-state index in [1.54, 1.807) is 0 Å². The predicted molar refractivity (Wildman–Crippen MR) is 127 cm³/mol. The van der Waals surface area contributed by atoms with E-state index in [1.807, 2.05) is 63.8 Å². The molecule has 0 radical (unpaired) electrons. The highest BCUT2D eigenvalue weighted by Gasteiger charge is 2.35. The van der Waals surface area contributed by atoms with Crippen molar-refractivity contribution in [3.05, 3.63) is 58.7 Å². The number of piperazine rings is 1. The molecule has 1 saturated heterocycles. The summed E-state index contributed by atoms with van der Waals surface area (Å²) >= 11 is 0. The van der Waals surface area contributed by atoms with Gasteiger partial charge in [-0.15, -0.1) is 0 Å². The molecule has 172 valence electrons. The maximum atomic E-state index is 13.4. The van der Waals surface area contributed by atoms with Crippen molar-refractivity contribution in [3.8, 4) is 5.75 Å². The van der Waals surface area contributed by atoms with Gasteiger partial charge in [0, 0.05) is 37.3 Å². The number of aromatic carboxylic acids is 1. The Morgan fingerprint density at radius 1 is 1.03 bits per heavy atom. The molecular weight excluding hydrogens is 404 g/mol. The number of aryl methyl sites for hydroxylation is 2. The van der Waals surface area contributed by atoms with Gasteiger partial charge in [0.15, 0.2) is 0 Å². The van der Waals surface area contributed by atoms with Crippen LogP contribution in [0.1, 0.15) is 47.8 Å². The molecule has 3 rings (SSSR count). The van der Waals surface area contributed by atoms with E-state index < -0.39 is 11.4 Å². The number of hydrogen-bond donors (Lipinski definition) is 1. The molecule has 1 fully saturated rings. The van der Waals surface area contributed by atoms with Crippen LogP contribution in [-0.2, 0) is 11.2 Å². The van der Waals surface area contributed by atoms with Crippen molar-refractivity contribution in [1.82, 2.24) is 4.90 Å². The molecule has 0 unspecified atom stereocenters. The Hall–Kier alpha value is -3.02. The molecule has 0 aromatic heterocycles.